The molecule has 0 aliphatic rings. The molecular weight excluding hydrogens is 396 g/mol. The minimum Gasteiger partial charge on any atom is -0.504 e. The van der Waals surface area contributed by atoms with E-state index in [9.17, 15) is 14.1 Å². The van der Waals surface area contributed by atoms with Crippen LogP contribution in [0.1, 0.15) is 11.1 Å². The van der Waals surface area contributed by atoms with Crippen LogP contribution in [0, 0.1) is 13.8 Å². The Kier molecular flexibility index (Phi) is 4.81. The predicted octanol–water partition coefficient (Wildman–Crippen LogP) is 1.43. The molecule has 2 heterocycles. The number of phenols is 1. The number of aromatic hydroxyl groups is 1. The Morgan fingerprint density at radius 1 is 1.24 bits per heavy atom. The van der Waals surface area contributed by atoms with Gasteiger partial charge in [-0.3, -0.25) is 4.79 Å². The van der Waals surface area contributed by atoms with Crippen LogP contribution >= 0.6 is 0 Å². The summed E-state index contributed by atoms with van der Waals surface area (Å²) in [5, 5.41) is 26.1. The highest BCUT2D eigenvalue weighted by Gasteiger charge is 2.21. The zero-order valence-electron chi connectivity index (χ0n) is 15.7. The fourth-order valence-electron chi connectivity index (χ4n) is 3.13. The second-order valence-electron chi connectivity index (χ2n) is 6.54. The Labute approximate surface area is 167 Å². The van der Waals surface area contributed by atoms with E-state index >= 15 is 0 Å². The number of nitrogens with zero attached hydrogens (tertiary/aromatic N) is 3. The van der Waals surface area contributed by atoms with Crippen molar-refractivity contribution in [2.24, 2.45) is 0 Å². The monoisotopic (exact) mass is 414 g/mol. The summed E-state index contributed by atoms with van der Waals surface area (Å²) in [7, 11) is -1.65. The van der Waals surface area contributed by atoms with E-state index in [2.05, 4.69) is 15.3 Å². The molecule has 3 N–H and O–H groups in total. The summed E-state index contributed by atoms with van der Waals surface area (Å²) in [5.74, 6) is -0.152. The van der Waals surface area contributed by atoms with Gasteiger partial charge in [-0.25, -0.2) is 13.9 Å². The molecule has 0 bridgehead atoms. The highest BCUT2D eigenvalue weighted by atomic mass is 32.2. The first-order valence-corrected chi connectivity index (χ1v) is 9.92. The lowest BCUT2D eigenvalue weighted by molar-refractivity contribution is 0.197. The first kappa shape index (κ1) is 19.1. The smallest absolute Gasteiger partial charge is 0.281 e. The van der Waals surface area contributed by atoms with Gasteiger partial charge in [0.15, 0.2) is 22.2 Å². The third-order valence-electron chi connectivity index (χ3n) is 4.47. The summed E-state index contributed by atoms with van der Waals surface area (Å²) in [4.78, 5) is 17.1. The quantitative estimate of drug-likeness (QED) is 0.450. The lowest BCUT2D eigenvalue weighted by Crippen LogP contribution is -2.11. The maximum Gasteiger partial charge on any atom is 0.281 e. The minimum absolute atomic E-state index is 0.0207. The van der Waals surface area contributed by atoms with Crippen molar-refractivity contribution in [2.75, 3.05) is 13.2 Å². The van der Waals surface area contributed by atoms with Gasteiger partial charge in [0.25, 0.3) is 5.56 Å². The molecule has 4 aromatic rings. The molecule has 0 fully saturated rings. The van der Waals surface area contributed by atoms with Crippen molar-refractivity contribution in [3.8, 4) is 11.5 Å². The molecule has 1 unspecified atom stereocenters. The third-order valence-corrected chi connectivity index (χ3v) is 5.95. The largest absolute Gasteiger partial charge is 0.504 e. The van der Waals surface area contributed by atoms with Crippen molar-refractivity contribution in [1.82, 2.24) is 19.8 Å². The van der Waals surface area contributed by atoms with Gasteiger partial charge in [0.2, 0.25) is 0 Å². The molecule has 150 valence electrons. The average Bonchev–Trinajstić information content (AvgIpc) is 3.10. The van der Waals surface area contributed by atoms with Crippen LogP contribution in [0.2, 0.25) is 0 Å². The maximum absolute atomic E-state index is 13.1. The molecule has 1 atom stereocenters. The van der Waals surface area contributed by atoms with Gasteiger partial charge in [-0.15, -0.1) is 5.10 Å². The van der Waals surface area contributed by atoms with Crippen molar-refractivity contribution in [1.29, 1.82) is 0 Å². The summed E-state index contributed by atoms with van der Waals surface area (Å²) >= 11 is 0. The van der Waals surface area contributed by atoms with Crippen LogP contribution < -0.4 is 10.3 Å². The SMILES string of the molecule is Cc1ccc(S(=O)c2n[nH]n3c2nc(=O)c2cc(O)c(OCCO)cc23)c(C)c1. The van der Waals surface area contributed by atoms with E-state index in [1.54, 1.807) is 6.07 Å². The lowest BCUT2D eigenvalue weighted by Gasteiger charge is -2.09. The van der Waals surface area contributed by atoms with E-state index in [0.717, 1.165) is 11.1 Å². The summed E-state index contributed by atoms with van der Waals surface area (Å²) in [6.45, 7) is 3.56. The lowest BCUT2D eigenvalue weighted by atomic mass is 10.2. The number of ether oxygens (including phenoxy) is 1. The number of benzene rings is 2. The number of aliphatic hydroxyl groups is 1. The molecule has 0 amide bonds. The van der Waals surface area contributed by atoms with E-state index in [1.807, 2.05) is 26.0 Å². The first-order valence-electron chi connectivity index (χ1n) is 8.77. The van der Waals surface area contributed by atoms with Crippen LogP contribution in [-0.4, -0.2) is 47.4 Å². The fraction of sp³-hybridized carbons (Fsp3) is 0.211. The molecule has 0 saturated carbocycles. The molecule has 9 nitrogen and oxygen atoms in total. The third kappa shape index (κ3) is 3.26. The zero-order chi connectivity index (χ0) is 20.7. The number of nitrogens with one attached hydrogen (secondary N) is 1. The second kappa shape index (κ2) is 7.30. The topological polar surface area (TPSA) is 130 Å². The Bertz CT molecular complexity index is 1330. The highest BCUT2D eigenvalue weighted by Crippen LogP contribution is 2.31. The number of H-pyrrole nitrogens is 1. The zero-order valence-corrected chi connectivity index (χ0v) is 16.5. The van der Waals surface area contributed by atoms with Crippen molar-refractivity contribution in [2.45, 2.75) is 23.8 Å². The normalized spacial score (nSPS) is 12.5. The highest BCUT2D eigenvalue weighted by molar-refractivity contribution is 7.85. The molecule has 0 aliphatic carbocycles. The summed E-state index contributed by atoms with van der Waals surface area (Å²) < 4.78 is 19.9. The molecule has 2 aromatic carbocycles. The van der Waals surface area contributed by atoms with Gasteiger partial charge in [-0.05, 0) is 31.5 Å². The average molecular weight is 414 g/mol. The number of fused-ring (bicyclic) bond motifs is 3. The Morgan fingerprint density at radius 2 is 2.03 bits per heavy atom. The molecule has 29 heavy (non-hydrogen) atoms. The predicted molar refractivity (Wildman–Crippen MR) is 106 cm³/mol. The number of aromatic nitrogens is 4. The number of aryl methyl sites for hydroxylation is 2. The van der Waals surface area contributed by atoms with Gasteiger partial charge < -0.3 is 14.9 Å². The molecule has 0 radical (unpaired) electrons. The fourth-order valence-corrected chi connectivity index (χ4v) is 4.31. The number of phenolic OH excluding ortho intramolecular Hbond substituents is 1. The van der Waals surface area contributed by atoms with Crippen LogP contribution in [0.15, 0.2) is 45.0 Å². The van der Waals surface area contributed by atoms with Gasteiger partial charge in [0, 0.05) is 11.0 Å². The van der Waals surface area contributed by atoms with Crippen molar-refractivity contribution in [3.05, 3.63) is 51.8 Å². The molecule has 0 saturated heterocycles. The number of aromatic amines is 1. The Hall–Kier alpha value is -3.24. The van der Waals surface area contributed by atoms with Crippen LogP contribution in [0.5, 0.6) is 11.5 Å². The van der Waals surface area contributed by atoms with E-state index in [1.165, 1.54) is 16.6 Å². The van der Waals surface area contributed by atoms with E-state index < -0.39 is 16.4 Å². The second-order valence-corrected chi connectivity index (χ2v) is 7.90. The van der Waals surface area contributed by atoms with E-state index in [-0.39, 0.29) is 40.8 Å². The van der Waals surface area contributed by atoms with E-state index in [0.29, 0.717) is 10.4 Å². The number of hydrogen-bond donors (Lipinski definition) is 3. The number of hydrogen-bond acceptors (Lipinski definition) is 7. The van der Waals surface area contributed by atoms with Gasteiger partial charge in [-0.2, -0.15) is 4.98 Å². The van der Waals surface area contributed by atoms with Gasteiger partial charge in [0.1, 0.15) is 17.4 Å². The molecule has 2 aromatic heterocycles. The van der Waals surface area contributed by atoms with Gasteiger partial charge in [0.05, 0.1) is 17.5 Å². The van der Waals surface area contributed by atoms with Crippen molar-refractivity contribution < 1.29 is 19.2 Å². The number of aliphatic hydroxyl groups excluding tert-OH is 1. The van der Waals surface area contributed by atoms with Gasteiger partial charge in [-0.1, -0.05) is 17.7 Å². The number of rotatable bonds is 5. The molecular formula is C19H18N4O5S. The summed E-state index contributed by atoms with van der Waals surface area (Å²) in [6.07, 6.45) is 0. The Balaban J connectivity index is 1.92. The van der Waals surface area contributed by atoms with Crippen LogP contribution in [0.25, 0.3) is 16.6 Å². The Morgan fingerprint density at radius 3 is 2.76 bits per heavy atom. The molecule has 10 heteroatoms. The summed E-state index contributed by atoms with van der Waals surface area (Å²) in [5.41, 5.74) is 1.77. The van der Waals surface area contributed by atoms with Crippen LogP contribution in [0.4, 0.5) is 0 Å². The van der Waals surface area contributed by atoms with E-state index in [4.69, 9.17) is 9.84 Å². The molecule has 4 rings (SSSR count). The maximum atomic E-state index is 13.1. The van der Waals surface area contributed by atoms with Crippen molar-refractivity contribution >= 4 is 27.3 Å². The minimum atomic E-state index is -1.65. The van der Waals surface area contributed by atoms with Crippen LogP contribution in [0.3, 0.4) is 0 Å². The van der Waals surface area contributed by atoms with Crippen LogP contribution in [-0.2, 0) is 10.8 Å². The molecule has 0 spiro atoms. The van der Waals surface area contributed by atoms with Gasteiger partial charge >= 0.3 is 0 Å². The standard InChI is InChI=1S/C19H18N4O5S/c1-10-3-4-16(11(2)7-10)29(27)19-17-20-18(26)12-8-14(25)15(28-6-5-24)9-13(12)23(17)22-21-19/h3-4,7-9,22,24-25H,5-6H2,1-2H3. The first-order chi connectivity index (χ1) is 13.9. The summed E-state index contributed by atoms with van der Waals surface area (Å²) in [6, 6.07) is 8.23. The van der Waals surface area contributed by atoms with Crippen molar-refractivity contribution in [3.63, 3.8) is 0 Å². The molecule has 0 aliphatic heterocycles.